The van der Waals surface area contributed by atoms with Gasteiger partial charge in [-0.05, 0) is 90.5 Å². The number of thiocarbonyl (C=S) groups is 1. The van der Waals surface area contributed by atoms with Crippen molar-refractivity contribution in [3.63, 3.8) is 0 Å². The van der Waals surface area contributed by atoms with Gasteiger partial charge in [-0.3, -0.25) is 4.79 Å². The molecular formula is C28H28FN3OS. The summed E-state index contributed by atoms with van der Waals surface area (Å²) in [6, 6.07) is 22.6. The molecule has 0 aliphatic heterocycles. The maximum absolute atomic E-state index is 13.4. The molecule has 0 atom stereocenters. The number of aromatic nitrogens is 1. The van der Waals surface area contributed by atoms with Crippen LogP contribution in [0.5, 0.6) is 0 Å². The molecule has 0 spiro atoms. The van der Waals surface area contributed by atoms with Gasteiger partial charge in [0.05, 0.1) is 6.54 Å². The molecule has 0 aliphatic carbocycles. The number of benzene rings is 3. The Labute approximate surface area is 204 Å². The second kappa shape index (κ2) is 10.6. The number of halogens is 1. The normalized spacial score (nSPS) is 10.9. The third kappa shape index (κ3) is 5.88. The van der Waals surface area contributed by atoms with Crippen LogP contribution >= 0.6 is 12.2 Å². The van der Waals surface area contributed by atoms with E-state index in [1.807, 2.05) is 42.2 Å². The number of hydrogen-bond donors (Lipinski definition) is 2. The third-order valence-corrected chi connectivity index (χ3v) is 6.41. The van der Waals surface area contributed by atoms with E-state index < -0.39 is 0 Å². The van der Waals surface area contributed by atoms with E-state index in [9.17, 15) is 9.18 Å². The lowest BCUT2D eigenvalue weighted by Gasteiger charge is -2.26. The first-order chi connectivity index (χ1) is 16.4. The minimum Gasteiger partial charge on any atom is -0.362 e. The Bertz CT molecular complexity index is 1350. The van der Waals surface area contributed by atoms with E-state index in [2.05, 4.69) is 35.4 Å². The summed E-state index contributed by atoms with van der Waals surface area (Å²) in [5.41, 5.74) is 5.77. The van der Waals surface area contributed by atoms with Crippen molar-refractivity contribution in [1.29, 1.82) is 0 Å². The minimum absolute atomic E-state index is 0.132. The number of aryl methyl sites for hydroxylation is 2. The van der Waals surface area contributed by atoms with E-state index in [4.69, 9.17) is 12.2 Å². The van der Waals surface area contributed by atoms with Crippen molar-refractivity contribution >= 4 is 28.2 Å². The zero-order valence-electron chi connectivity index (χ0n) is 19.4. The van der Waals surface area contributed by atoms with Gasteiger partial charge in [-0.1, -0.05) is 42.5 Å². The average molecular weight is 474 g/mol. The monoisotopic (exact) mass is 473 g/mol. The summed E-state index contributed by atoms with van der Waals surface area (Å²) < 4.78 is 13.4. The lowest BCUT2D eigenvalue weighted by molar-refractivity contribution is 0.397. The lowest BCUT2D eigenvalue weighted by atomic mass is 10.0. The number of hydrogen-bond acceptors (Lipinski definition) is 2. The van der Waals surface area contributed by atoms with Gasteiger partial charge in [-0.2, -0.15) is 0 Å². The van der Waals surface area contributed by atoms with Crippen molar-refractivity contribution in [1.82, 2.24) is 15.2 Å². The molecule has 0 bridgehead atoms. The van der Waals surface area contributed by atoms with Gasteiger partial charge in [0.15, 0.2) is 5.11 Å². The van der Waals surface area contributed by atoms with Crippen LogP contribution in [0.1, 0.15) is 27.8 Å². The maximum Gasteiger partial charge on any atom is 0.253 e. The quantitative estimate of drug-likeness (QED) is 0.353. The highest BCUT2D eigenvalue weighted by molar-refractivity contribution is 7.80. The van der Waals surface area contributed by atoms with Crippen LogP contribution in [0.4, 0.5) is 4.39 Å². The van der Waals surface area contributed by atoms with Crippen LogP contribution in [0.3, 0.4) is 0 Å². The Hall–Kier alpha value is -3.51. The van der Waals surface area contributed by atoms with Gasteiger partial charge < -0.3 is 15.2 Å². The van der Waals surface area contributed by atoms with E-state index in [1.54, 1.807) is 12.1 Å². The van der Waals surface area contributed by atoms with E-state index >= 15 is 0 Å². The van der Waals surface area contributed by atoms with Crippen LogP contribution in [-0.4, -0.2) is 21.5 Å². The lowest BCUT2D eigenvalue weighted by Crippen LogP contribution is -2.40. The summed E-state index contributed by atoms with van der Waals surface area (Å²) in [6.07, 6.45) is 0.834. The van der Waals surface area contributed by atoms with Crippen molar-refractivity contribution in [3.05, 3.63) is 117 Å². The van der Waals surface area contributed by atoms with Gasteiger partial charge in [0.2, 0.25) is 0 Å². The number of rotatable bonds is 7. The predicted octanol–water partition coefficient (Wildman–Crippen LogP) is 5.40. The Kier molecular flexibility index (Phi) is 7.38. The second-order valence-electron chi connectivity index (χ2n) is 8.60. The van der Waals surface area contributed by atoms with Crippen LogP contribution in [0, 0.1) is 19.7 Å². The molecule has 4 rings (SSSR count). The number of H-pyrrole nitrogens is 1. The zero-order chi connectivity index (χ0) is 24.1. The summed E-state index contributed by atoms with van der Waals surface area (Å²) in [4.78, 5) is 17.8. The molecule has 0 saturated heterocycles. The molecule has 0 unspecified atom stereocenters. The SMILES string of the molecule is Cc1cc2cc(CN(Cc3ccc(F)cc3)C(=S)NCCc3ccccc3)c(=O)[nH]c2cc1C. The molecule has 3 aromatic carbocycles. The van der Waals surface area contributed by atoms with Crippen LogP contribution in [0.25, 0.3) is 10.9 Å². The summed E-state index contributed by atoms with van der Waals surface area (Å²) in [6.45, 7) is 5.57. The highest BCUT2D eigenvalue weighted by Crippen LogP contribution is 2.18. The van der Waals surface area contributed by atoms with Crippen molar-refractivity contribution in [2.45, 2.75) is 33.4 Å². The molecule has 4 aromatic rings. The number of pyridine rings is 1. The highest BCUT2D eigenvalue weighted by Gasteiger charge is 2.14. The van der Waals surface area contributed by atoms with E-state index in [1.165, 1.54) is 23.3 Å². The smallest absolute Gasteiger partial charge is 0.253 e. The molecule has 4 nitrogen and oxygen atoms in total. The summed E-state index contributed by atoms with van der Waals surface area (Å²) in [7, 11) is 0. The molecule has 0 fully saturated rings. The average Bonchev–Trinajstić information content (AvgIpc) is 2.82. The number of fused-ring (bicyclic) bond motifs is 1. The molecule has 174 valence electrons. The maximum atomic E-state index is 13.4. The molecule has 0 radical (unpaired) electrons. The van der Waals surface area contributed by atoms with Gasteiger partial charge >= 0.3 is 0 Å². The summed E-state index contributed by atoms with van der Waals surface area (Å²) >= 11 is 5.72. The molecular weight excluding hydrogens is 445 g/mol. The second-order valence-corrected chi connectivity index (χ2v) is 8.98. The Morgan fingerprint density at radius 2 is 1.65 bits per heavy atom. The van der Waals surface area contributed by atoms with Crippen LogP contribution in [0.2, 0.25) is 0 Å². The fourth-order valence-electron chi connectivity index (χ4n) is 3.93. The first kappa shape index (κ1) is 23.6. The number of nitrogens with zero attached hydrogens (tertiary/aromatic N) is 1. The first-order valence-electron chi connectivity index (χ1n) is 11.3. The molecule has 0 amide bonds. The summed E-state index contributed by atoms with van der Waals surface area (Å²) in [5.74, 6) is -0.282. The van der Waals surface area contributed by atoms with Gasteiger partial charge in [-0.15, -0.1) is 0 Å². The van der Waals surface area contributed by atoms with E-state index in [0.29, 0.717) is 30.3 Å². The van der Waals surface area contributed by atoms with Gasteiger partial charge in [0.25, 0.3) is 5.56 Å². The standard InChI is InChI=1S/C28H28FN3OS/c1-19-14-23-16-24(27(33)31-26(23)15-20(19)2)18-32(17-22-8-10-25(29)11-9-22)28(34)30-13-12-21-6-4-3-5-7-21/h3-11,14-16H,12-13,17-18H2,1-2H3,(H,30,34)(H,31,33). The first-order valence-corrected chi connectivity index (χ1v) is 11.7. The van der Waals surface area contributed by atoms with Crippen molar-refractivity contribution in [3.8, 4) is 0 Å². The topological polar surface area (TPSA) is 48.1 Å². The van der Waals surface area contributed by atoms with E-state index in [0.717, 1.165) is 28.5 Å². The molecule has 1 heterocycles. The number of nitrogens with one attached hydrogen (secondary N) is 2. The molecule has 6 heteroatoms. The van der Waals surface area contributed by atoms with E-state index in [-0.39, 0.29) is 11.4 Å². The van der Waals surface area contributed by atoms with Crippen LogP contribution in [0.15, 0.2) is 77.6 Å². The van der Waals surface area contributed by atoms with Gasteiger partial charge in [-0.25, -0.2) is 4.39 Å². The fraction of sp³-hybridized carbons (Fsp3) is 0.214. The minimum atomic E-state index is -0.282. The number of aromatic amines is 1. The molecule has 34 heavy (non-hydrogen) atoms. The zero-order valence-corrected chi connectivity index (χ0v) is 20.2. The summed E-state index contributed by atoms with van der Waals surface area (Å²) in [5, 5.41) is 4.87. The molecule has 2 N–H and O–H groups in total. The van der Waals surface area contributed by atoms with Crippen molar-refractivity contribution < 1.29 is 4.39 Å². The van der Waals surface area contributed by atoms with Crippen molar-refractivity contribution in [2.75, 3.05) is 6.54 Å². The van der Waals surface area contributed by atoms with Crippen LogP contribution < -0.4 is 10.9 Å². The fourth-order valence-corrected chi connectivity index (χ4v) is 4.16. The third-order valence-electron chi connectivity index (χ3n) is 6.00. The van der Waals surface area contributed by atoms with Gasteiger partial charge in [0.1, 0.15) is 5.82 Å². The largest absolute Gasteiger partial charge is 0.362 e. The Morgan fingerprint density at radius 3 is 2.38 bits per heavy atom. The van der Waals surface area contributed by atoms with Crippen molar-refractivity contribution in [2.24, 2.45) is 0 Å². The molecule has 1 aromatic heterocycles. The molecule has 0 saturated carbocycles. The Morgan fingerprint density at radius 1 is 0.941 bits per heavy atom. The van der Waals surface area contributed by atoms with Gasteiger partial charge in [0, 0.05) is 24.2 Å². The van der Waals surface area contributed by atoms with Crippen LogP contribution in [-0.2, 0) is 19.5 Å². The Balaban J connectivity index is 1.56. The predicted molar refractivity (Wildman–Crippen MR) is 140 cm³/mol. The molecule has 0 aliphatic rings. The highest BCUT2D eigenvalue weighted by atomic mass is 32.1.